The van der Waals surface area contributed by atoms with E-state index >= 15 is 8.78 Å². The number of nitrogens with one attached hydrogen (secondary N) is 3. The van der Waals surface area contributed by atoms with E-state index in [1.165, 1.54) is 26.0 Å². The number of carbonyl (C=O) groups is 3. The van der Waals surface area contributed by atoms with Crippen LogP contribution < -0.4 is 15.4 Å². The second-order valence-electron chi connectivity index (χ2n) is 19.2. The Bertz CT molecular complexity index is 2480. The molecule has 0 radical (unpaired) electrons. The third-order valence-electron chi connectivity index (χ3n) is 12.2. The molecule has 1 saturated heterocycles. The Hall–Kier alpha value is -5.29. The van der Waals surface area contributed by atoms with Crippen LogP contribution in [0.2, 0.25) is 0 Å². The first-order valence-electron chi connectivity index (χ1n) is 23.1. The molecule has 5 aromatic rings. The molecule has 3 aromatic carbocycles. The second kappa shape index (κ2) is 21.8. The van der Waals surface area contributed by atoms with E-state index in [9.17, 15) is 18.8 Å². The molecule has 2 aliphatic heterocycles. The predicted molar refractivity (Wildman–Crippen MR) is 254 cm³/mol. The number of H-pyrrole nitrogens is 1. The fourth-order valence-corrected chi connectivity index (χ4v) is 9.85. The van der Waals surface area contributed by atoms with Crippen LogP contribution in [0.25, 0.3) is 21.3 Å². The molecule has 0 saturated carbocycles. The number of aryl methyl sites for hydroxylation is 1. The van der Waals surface area contributed by atoms with Crippen molar-refractivity contribution < 1.29 is 41.8 Å². The Labute approximate surface area is 395 Å². The number of carbonyl (C=O) groups excluding carboxylic acids is 3. The summed E-state index contributed by atoms with van der Waals surface area (Å²) in [5.74, 6) is -2.46. The summed E-state index contributed by atoms with van der Waals surface area (Å²) in [6, 6.07) is 15.7. The van der Waals surface area contributed by atoms with Crippen molar-refractivity contribution in [2.75, 3.05) is 52.7 Å². The van der Waals surface area contributed by atoms with Crippen LogP contribution in [0, 0.1) is 24.0 Å². The van der Waals surface area contributed by atoms with Crippen molar-refractivity contribution in [2.45, 2.75) is 104 Å². The minimum atomic E-state index is -1.58. The molecule has 0 spiro atoms. The highest BCUT2D eigenvalue weighted by atomic mass is 32.1. The fraction of sp³-hybridized carbons (Fsp3) is 0.490. The van der Waals surface area contributed by atoms with Crippen LogP contribution in [0.1, 0.15) is 94.4 Å². The fourth-order valence-electron chi connectivity index (χ4n) is 9.04. The Kier molecular flexibility index (Phi) is 16.1. The van der Waals surface area contributed by atoms with E-state index in [0.717, 1.165) is 38.2 Å². The molecule has 67 heavy (non-hydrogen) atoms. The molecule has 12 nitrogen and oxygen atoms in total. The first-order chi connectivity index (χ1) is 32.0. The molecule has 16 heteroatoms. The molecular formula is C51H63F3N6O6S. The number of likely N-dealkylation sites (tertiary alicyclic amines) is 1. The standard InChI is InChI=1S/C51H63F3N6O6S/c1-32-46(67-31-56-32)34-17-15-33(16-18-34)28-55-48(62)41-14-9-20-60(41)49(63)47(50(2,3)4)58-42(61)29-65-24-10-22-64-23-11-25-66-35-26-38(52)43(39(53)27-35)45-44-37(19-21-59(45)30-51(5,6)54)36-12-7-8-13-40(36)57-44/h7-8,12-13,15-18,26-27,31,41,45,47,57H,9-11,14,19-25,28-30H2,1-6H3,(H,55,62)(H,58,61)/t41-,45?,47+/m0/s1. The molecule has 3 N–H and O–H groups in total. The summed E-state index contributed by atoms with van der Waals surface area (Å²) < 4.78 is 63.8. The van der Waals surface area contributed by atoms with Crippen molar-refractivity contribution in [3.05, 3.63) is 106 Å². The quantitative estimate of drug-likeness (QED) is 0.0661. The maximum absolute atomic E-state index is 15.9. The van der Waals surface area contributed by atoms with Gasteiger partial charge >= 0.3 is 0 Å². The number of thiazole rings is 1. The minimum absolute atomic E-state index is 0.00170. The summed E-state index contributed by atoms with van der Waals surface area (Å²) in [7, 11) is 0. The molecule has 3 atom stereocenters. The zero-order chi connectivity index (χ0) is 47.9. The molecule has 2 aliphatic rings. The van der Waals surface area contributed by atoms with Crippen LogP contribution >= 0.6 is 11.3 Å². The van der Waals surface area contributed by atoms with Crippen molar-refractivity contribution in [3.8, 4) is 16.2 Å². The lowest BCUT2D eigenvalue weighted by molar-refractivity contribution is -0.144. The van der Waals surface area contributed by atoms with E-state index in [2.05, 4.69) is 20.6 Å². The molecule has 2 aromatic heterocycles. The topological polar surface area (TPSA) is 138 Å². The van der Waals surface area contributed by atoms with Gasteiger partial charge < -0.3 is 34.7 Å². The number of aromatic nitrogens is 2. The van der Waals surface area contributed by atoms with Crippen LogP contribution in [0.15, 0.2) is 66.2 Å². The SMILES string of the molecule is Cc1ncsc1-c1ccc(CNC(=O)[C@@H]2CCCN2C(=O)[C@@H](NC(=O)COCCCOCCCOc2cc(F)c(C3c4[nH]c5ccccc5c4CCN3CC(C)(C)F)c(F)c2)C(C)(C)C)cc1. The number of benzene rings is 3. The van der Waals surface area contributed by atoms with E-state index in [-0.39, 0.29) is 49.5 Å². The Morgan fingerprint density at radius 2 is 1.64 bits per heavy atom. The number of hydrogen-bond donors (Lipinski definition) is 3. The molecule has 3 amide bonds. The van der Waals surface area contributed by atoms with Crippen LogP contribution in [0.5, 0.6) is 5.75 Å². The predicted octanol–water partition coefficient (Wildman–Crippen LogP) is 8.60. The van der Waals surface area contributed by atoms with Gasteiger partial charge in [0.25, 0.3) is 0 Å². The van der Waals surface area contributed by atoms with E-state index in [4.69, 9.17) is 14.2 Å². The molecule has 7 rings (SSSR count). The number of aromatic amines is 1. The average Bonchev–Trinajstić information content (AvgIpc) is 4.04. The van der Waals surface area contributed by atoms with E-state index in [0.29, 0.717) is 70.6 Å². The summed E-state index contributed by atoms with van der Waals surface area (Å²) in [6.45, 7) is 12.5. The van der Waals surface area contributed by atoms with Gasteiger partial charge in [0.05, 0.1) is 28.7 Å². The van der Waals surface area contributed by atoms with Gasteiger partial charge in [0, 0.05) is 86.7 Å². The van der Waals surface area contributed by atoms with Crippen LogP contribution in [-0.4, -0.2) is 108 Å². The summed E-state index contributed by atoms with van der Waals surface area (Å²) in [4.78, 5) is 52.5. The summed E-state index contributed by atoms with van der Waals surface area (Å²) >= 11 is 1.59. The van der Waals surface area contributed by atoms with Crippen molar-refractivity contribution in [2.24, 2.45) is 5.41 Å². The molecular weight excluding hydrogens is 882 g/mol. The van der Waals surface area contributed by atoms with Gasteiger partial charge in [-0.2, -0.15) is 0 Å². The summed E-state index contributed by atoms with van der Waals surface area (Å²) in [5.41, 5.74) is 4.97. The number of nitrogens with zero attached hydrogens (tertiary/aromatic N) is 3. The normalized spacial score (nSPS) is 17.1. The van der Waals surface area contributed by atoms with Gasteiger partial charge in [-0.15, -0.1) is 11.3 Å². The maximum atomic E-state index is 15.9. The smallest absolute Gasteiger partial charge is 0.246 e. The number of halogens is 3. The zero-order valence-electron chi connectivity index (χ0n) is 39.3. The van der Waals surface area contributed by atoms with Gasteiger partial charge in [0.15, 0.2) is 0 Å². The average molecular weight is 945 g/mol. The van der Waals surface area contributed by atoms with E-state index < -0.39 is 46.8 Å². The van der Waals surface area contributed by atoms with E-state index in [1.807, 2.05) is 81.7 Å². The molecule has 0 bridgehead atoms. The number of amides is 3. The lowest BCUT2D eigenvalue weighted by Gasteiger charge is -2.38. The lowest BCUT2D eigenvalue weighted by Crippen LogP contribution is -2.58. The number of alkyl halides is 1. The van der Waals surface area contributed by atoms with E-state index in [1.54, 1.807) is 21.1 Å². The number of fused-ring (bicyclic) bond motifs is 3. The van der Waals surface area contributed by atoms with Gasteiger partial charge in [-0.3, -0.25) is 19.3 Å². The lowest BCUT2D eigenvalue weighted by atomic mass is 9.85. The highest BCUT2D eigenvalue weighted by Crippen LogP contribution is 2.42. The van der Waals surface area contributed by atoms with Crippen molar-refractivity contribution in [3.63, 3.8) is 0 Å². The van der Waals surface area contributed by atoms with Crippen LogP contribution in [0.3, 0.4) is 0 Å². The number of ether oxygens (including phenoxy) is 3. The first-order valence-corrected chi connectivity index (χ1v) is 24.0. The van der Waals surface area contributed by atoms with Crippen molar-refractivity contribution in [1.82, 2.24) is 30.4 Å². The Balaban J connectivity index is 0.810. The number of hydrogen-bond acceptors (Lipinski definition) is 9. The Morgan fingerprint density at radius 3 is 2.33 bits per heavy atom. The first kappa shape index (κ1) is 49.6. The third-order valence-corrected chi connectivity index (χ3v) is 13.2. The monoisotopic (exact) mass is 944 g/mol. The van der Waals surface area contributed by atoms with Gasteiger partial charge in [0.1, 0.15) is 41.7 Å². The van der Waals surface area contributed by atoms with Crippen molar-refractivity contribution >= 4 is 40.0 Å². The molecule has 1 unspecified atom stereocenters. The highest BCUT2D eigenvalue weighted by molar-refractivity contribution is 7.13. The maximum Gasteiger partial charge on any atom is 0.246 e. The molecule has 1 fully saturated rings. The van der Waals surface area contributed by atoms with Crippen molar-refractivity contribution in [1.29, 1.82) is 0 Å². The molecule has 0 aliphatic carbocycles. The highest BCUT2D eigenvalue weighted by Gasteiger charge is 2.42. The molecule has 360 valence electrons. The van der Waals surface area contributed by atoms with Gasteiger partial charge in [-0.1, -0.05) is 63.2 Å². The summed E-state index contributed by atoms with van der Waals surface area (Å²) in [5, 5.41) is 6.85. The van der Waals surface area contributed by atoms with Gasteiger partial charge in [-0.05, 0) is 74.6 Å². The van der Waals surface area contributed by atoms with Crippen LogP contribution in [0.4, 0.5) is 13.2 Å². The third kappa shape index (κ3) is 12.4. The second-order valence-corrected chi connectivity index (χ2v) is 20.0. The number of para-hydroxylation sites is 1. The van der Waals surface area contributed by atoms with Gasteiger partial charge in [0.2, 0.25) is 17.7 Å². The van der Waals surface area contributed by atoms with Gasteiger partial charge in [-0.25, -0.2) is 18.2 Å². The largest absolute Gasteiger partial charge is 0.493 e. The zero-order valence-corrected chi connectivity index (χ0v) is 40.1. The summed E-state index contributed by atoms with van der Waals surface area (Å²) in [6.07, 6.45) is 2.80. The minimum Gasteiger partial charge on any atom is -0.493 e. The van der Waals surface area contributed by atoms with Crippen LogP contribution in [-0.2, 0) is 36.8 Å². The number of rotatable bonds is 20. The molecule has 4 heterocycles. The Morgan fingerprint density at radius 1 is 0.940 bits per heavy atom.